The molecule has 1 heterocycles. The van der Waals surface area contributed by atoms with E-state index in [4.69, 9.17) is 21.7 Å². The smallest absolute Gasteiger partial charge is 0.412 e. The lowest BCUT2D eigenvalue weighted by molar-refractivity contribution is 0.0636. The van der Waals surface area contributed by atoms with E-state index in [9.17, 15) is 10.1 Å². The molecular formula is C24H28ClN5O2. The van der Waals surface area contributed by atoms with Gasteiger partial charge in [-0.05, 0) is 83.2 Å². The van der Waals surface area contributed by atoms with Crippen LogP contribution in [0.2, 0.25) is 5.15 Å². The van der Waals surface area contributed by atoms with E-state index in [1.165, 1.54) is 0 Å². The molecule has 1 aromatic carbocycles. The van der Waals surface area contributed by atoms with Gasteiger partial charge in [0, 0.05) is 17.0 Å². The van der Waals surface area contributed by atoms with Crippen LogP contribution in [0.4, 0.5) is 16.2 Å². The summed E-state index contributed by atoms with van der Waals surface area (Å²) in [6.45, 7) is 8.98. The standard InChI is InChI=1S/C24H28ClN5O2/c1-13-16-7-6-8-20(21(16)30-22(25)18(13)12-26)28-15-9-10-19(17(11-15)14(2)27)29-23(31)32-24(3,4)5/h9-11,20,27-28H,6-8H2,1-5H3,(H,29,31). The molecule has 8 heteroatoms. The number of nitrogens with one attached hydrogen (secondary N) is 3. The van der Waals surface area contributed by atoms with Crippen molar-refractivity contribution in [3.8, 4) is 6.07 Å². The number of anilines is 2. The maximum absolute atomic E-state index is 12.2. The fourth-order valence-corrected chi connectivity index (χ4v) is 4.16. The van der Waals surface area contributed by atoms with Crippen molar-refractivity contribution < 1.29 is 9.53 Å². The maximum atomic E-state index is 12.2. The van der Waals surface area contributed by atoms with Crippen molar-refractivity contribution in [1.82, 2.24) is 4.98 Å². The number of carbonyl (C=O) groups is 1. The Balaban J connectivity index is 1.88. The number of ether oxygens (including phenoxy) is 1. The molecule has 7 nitrogen and oxygen atoms in total. The van der Waals surface area contributed by atoms with Gasteiger partial charge in [-0.3, -0.25) is 5.32 Å². The molecule has 1 atom stereocenters. The molecule has 1 aromatic heterocycles. The number of carbonyl (C=O) groups excluding carboxylic acids is 1. The molecule has 2 aromatic rings. The number of rotatable bonds is 4. The highest BCUT2D eigenvalue weighted by atomic mass is 35.5. The van der Waals surface area contributed by atoms with Crippen molar-refractivity contribution in [3.63, 3.8) is 0 Å². The number of benzene rings is 1. The predicted octanol–water partition coefficient (Wildman–Crippen LogP) is 6.14. The Morgan fingerprint density at radius 2 is 2.09 bits per heavy atom. The maximum Gasteiger partial charge on any atom is 0.412 e. The van der Waals surface area contributed by atoms with E-state index in [0.717, 1.165) is 41.8 Å². The number of aromatic nitrogens is 1. The Morgan fingerprint density at radius 1 is 1.38 bits per heavy atom. The molecule has 0 radical (unpaired) electrons. The second kappa shape index (κ2) is 9.17. The first-order valence-corrected chi connectivity index (χ1v) is 10.9. The Morgan fingerprint density at radius 3 is 2.72 bits per heavy atom. The van der Waals surface area contributed by atoms with Crippen LogP contribution in [0.5, 0.6) is 0 Å². The highest BCUT2D eigenvalue weighted by molar-refractivity contribution is 6.30. The molecule has 1 amide bonds. The number of nitriles is 1. The molecule has 1 aliphatic carbocycles. The summed E-state index contributed by atoms with van der Waals surface area (Å²) in [6.07, 6.45) is 2.14. The van der Waals surface area contributed by atoms with Crippen LogP contribution in [0.3, 0.4) is 0 Å². The largest absolute Gasteiger partial charge is 0.444 e. The van der Waals surface area contributed by atoms with Gasteiger partial charge in [-0.2, -0.15) is 5.26 Å². The summed E-state index contributed by atoms with van der Waals surface area (Å²) in [4.78, 5) is 16.7. The van der Waals surface area contributed by atoms with Crippen molar-refractivity contribution >= 4 is 34.8 Å². The lowest BCUT2D eigenvalue weighted by Crippen LogP contribution is -2.27. The first kappa shape index (κ1) is 23.6. The topological polar surface area (TPSA) is 111 Å². The summed E-state index contributed by atoms with van der Waals surface area (Å²) in [5.41, 5.74) is 4.88. The number of halogens is 1. The van der Waals surface area contributed by atoms with Gasteiger partial charge in [0.25, 0.3) is 0 Å². The summed E-state index contributed by atoms with van der Waals surface area (Å²) in [5, 5.41) is 24.0. The van der Waals surface area contributed by atoms with E-state index in [2.05, 4.69) is 21.7 Å². The highest BCUT2D eigenvalue weighted by Crippen LogP contribution is 2.36. The van der Waals surface area contributed by atoms with E-state index >= 15 is 0 Å². The van der Waals surface area contributed by atoms with Crippen LogP contribution in [0.25, 0.3) is 0 Å². The quantitative estimate of drug-likeness (QED) is 0.380. The molecular weight excluding hydrogens is 426 g/mol. The van der Waals surface area contributed by atoms with Gasteiger partial charge in [-0.1, -0.05) is 11.6 Å². The van der Waals surface area contributed by atoms with Gasteiger partial charge in [0.05, 0.1) is 23.0 Å². The van der Waals surface area contributed by atoms with E-state index < -0.39 is 11.7 Å². The van der Waals surface area contributed by atoms with E-state index in [-0.39, 0.29) is 11.2 Å². The minimum Gasteiger partial charge on any atom is -0.444 e. The Bertz CT molecular complexity index is 1110. The molecule has 3 rings (SSSR count). The summed E-state index contributed by atoms with van der Waals surface area (Å²) in [6, 6.07) is 7.53. The molecule has 0 bridgehead atoms. The van der Waals surface area contributed by atoms with Gasteiger partial charge in [0.1, 0.15) is 16.8 Å². The third-order valence-electron chi connectivity index (χ3n) is 5.32. The predicted molar refractivity (Wildman–Crippen MR) is 127 cm³/mol. The summed E-state index contributed by atoms with van der Waals surface area (Å²) in [7, 11) is 0. The minimum absolute atomic E-state index is 0.0637. The summed E-state index contributed by atoms with van der Waals surface area (Å²) >= 11 is 6.28. The zero-order valence-electron chi connectivity index (χ0n) is 19.0. The van der Waals surface area contributed by atoms with Crippen molar-refractivity contribution in [2.24, 2.45) is 0 Å². The fourth-order valence-electron chi connectivity index (χ4n) is 3.89. The second-order valence-corrected chi connectivity index (χ2v) is 9.34. The first-order chi connectivity index (χ1) is 15.0. The van der Waals surface area contributed by atoms with Gasteiger partial charge >= 0.3 is 6.09 Å². The summed E-state index contributed by atoms with van der Waals surface area (Å²) in [5.74, 6) is 0. The zero-order valence-corrected chi connectivity index (χ0v) is 19.8. The minimum atomic E-state index is -0.613. The van der Waals surface area contributed by atoms with Crippen LogP contribution >= 0.6 is 11.6 Å². The number of amides is 1. The number of hydrogen-bond acceptors (Lipinski definition) is 6. The zero-order chi connectivity index (χ0) is 23.6. The molecule has 0 saturated heterocycles. The number of fused-ring (bicyclic) bond motifs is 1. The van der Waals surface area contributed by atoms with Crippen molar-refractivity contribution in [3.05, 3.63) is 51.3 Å². The molecule has 0 aliphatic heterocycles. The lowest BCUT2D eigenvalue weighted by Gasteiger charge is -2.28. The summed E-state index contributed by atoms with van der Waals surface area (Å²) < 4.78 is 5.33. The highest BCUT2D eigenvalue weighted by Gasteiger charge is 2.26. The van der Waals surface area contributed by atoms with Crippen LogP contribution in [0, 0.1) is 23.7 Å². The van der Waals surface area contributed by atoms with Gasteiger partial charge < -0.3 is 15.5 Å². The third kappa shape index (κ3) is 5.20. The Labute approximate surface area is 193 Å². The number of nitrogens with zero attached hydrogens (tertiary/aromatic N) is 2. The Kier molecular flexibility index (Phi) is 6.75. The van der Waals surface area contributed by atoms with Crippen LogP contribution in [-0.2, 0) is 11.2 Å². The van der Waals surface area contributed by atoms with Crippen molar-refractivity contribution in [1.29, 1.82) is 10.7 Å². The molecule has 0 saturated carbocycles. The third-order valence-corrected chi connectivity index (χ3v) is 5.60. The van der Waals surface area contributed by atoms with E-state index in [1.54, 1.807) is 33.8 Å². The van der Waals surface area contributed by atoms with Crippen LogP contribution in [0.1, 0.15) is 74.5 Å². The molecule has 1 unspecified atom stereocenters. The molecule has 0 spiro atoms. The van der Waals surface area contributed by atoms with E-state index in [0.29, 0.717) is 22.5 Å². The number of pyridine rings is 1. The first-order valence-electron chi connectivity index (χ1n) is 10.5. The van der Waals surface area contributed by atoms with Gasteiger partial charge in [-0.15, -0.1) is 0 Å². The molecule has 32 heavy (non-hydrogen) atoms. The SMILES string of the molecule is CC(=N)c1cc(NC2CCCc3c2nc(Cl)c(C#N)c3C)ccc1NC(=O)OC(C)(C)C. The monoisotopic (exact) mass is 453 g/mol. The normalized spacial score (nSPS) is 15.3. The van der Waals surface area contributed by atoms with E-state index in [1.807, 2.05) is 19.1 Å². The van der Waals surface area contributed by atoms with Crippen molar-refractivity contribution in [2.45, 2.75) is 65.5 Å². The average molecular weight is 454 g/mol. The molecule has 168 valence electrons. The van der Waals surface area contributed by atoms with Gasteiger partial charge in [-0.25, -0.2) is 9.78 Å². The van der Waals surface area contributed by atoms with Gasteiger partial charge in [0.15, 0.2) is 0 Å². The van der Waals surface area contributed by atoms with Crippen LogP contribution < -0.4 is 10.6 Å². The second-order valence-electron chi connectivity index (χ2n) is 8.98. The van der Waals surface area contributed by atoms with Gasteiger partial charge in [0.2, 0.25) is 0 Å². The fraction of sp³-hybridized carbons (Fsp3) is 0.417. The van der Waals surface area contributed by atoms with Crippen LogP contribution in [-0.4, -0.2) is 22.4 Å². The molecule has 3 N–H and O–H groups in total. The average Bonchev–Trinajstić information content (AvgIpc) is 2.68. The molecule has 0 fully saturated rings. The lowest BCUT2D eigenvalue weighted by atomic mass is 9.87. The number of hydrogen-bond donors (Lipinski definition) is 3. The Hall–Kier alpha value is -3.11. The van der Waals surface area contributed by atoms with Crippen LogP contribution in [0.15, 0.2) is 18.2 Å². The molecule has 1 aliphatic rings. The van der Waals surface area contributed by atoms with Crippen molar-refractivity contribution in [2.75, 3.05) is 10.6 Å².